The zero-order valence-electron chi connectivity index (χ0n) is 13.8. The average molecular weight is 305 g/mol. The molecular formula is C17H27N3O2. The van der Waals surface area contributed by atoms with Crippen LogP contribution in [0, 0.1) is 5.41 Å². The zero-order valence-corrected chi connectivity index (χ0v) is 13.8. The topological polar surface area (TPSA) is 67.6 Å². The van der Waals surface area contributed by atoms with Crippen molar-refractivity contribution < 1.29 is 9.53 Å². The molecule has 0 saturated carbocycles. The standard InChI is InChI=1S/C17H27N3O2/c1-17(2)12-20(9-7-15(17)18)10-8-16(21)19-13-5-4-6-14(11-13)22-3/h4-6,11,15H,7-10,12,18H2,1-3H3,(H,19,21). The van der Waals surface area contributed by atoms with Crippen molar-refractivity contribution in [2.45, 2.75) is 32.7 Å². The summed E-state index contributed by atoms with van der Waals surface area (Å²) < 4.78 is 5.15. The van der Waals surface area contributed by atoms with Crippen LogP contribution in [-0.4, -0.2) is 43.6 Å². The molecule has 1 amide bonds. The summed E-state index contributed by atoms with van der Waals surface area (Å²) in [6.07, 6.45) is 1.48. The van der Waals surface area contributed by atoms with E-state index in [4.69, 9.17) is 10.5 Å². The first-order valence-electron chi connectivity index (χ1n) is 7.82. The van der Waals surface area contributed by atoms with Crippen LogP contribution in [0.4, 0.5) is 5.69 Å². The molecule has 3 N–H and O–H groups in total. The summed E-state index contributed by atoms with van der Waals surface area (Å²) in [5, 5.41) is 2.92. The van der Waals surface area contributed by atoms with Crippen LogP contribution in [0.15, 0.2) is 24.3 Å². The number of amides is 1. The van der Waals surface area contributed by atoms with E-state index in [1.807, 2.05) is 24.3 Å². The van der Waals surface area contributed by atoms with Gasteiger partial charge in [-0.3, -0.25) is 4.79 Å². The maximum atomic E-state index is 12.1. The number of likely N-dealkylation sites (tertiary alicyclic amines) is 1. The van der Waals surface area contributed by atoms with Crippen molar-refractivity contribution in [1.29, 1.82) is 0 Å². The number of benzene rings is 1. The smallest absolute Gasteiger partial charge is 0.225 e. The van der Waals surface area contributed by atoms with Gasteiger partial charge in [-0.15, -0.1) is 0 Å². The fourth-order valence-corrected chi connectivity index (χ4v) is 2.86. The molecule has 1 unspecified atom stereocenters. The van der Waals surface area contributed by atoms with Gasteiger partial charge in [0.25, 0.3) is 0 Å². The normalized spacial score (nSPS) is 21.4. The molecule has 0 aromatic heterocycles. The molecule has 0 spiro atoms. The van der Waals surface area contributed by atoms with Crippen LogP contribution in [0.1, 0.15) is 26.7 Å². The van der Waals surface area contributed by atoms with E-state index < -0.39 is 0 Å². The average Bonchev–Trinajstić information content (AvgIpc) is 2.48. The zero-order chi connectivity index (χ0) is 16.2. The lowest BCUT2D eigenvalue weighted by Crippen LogP contribution is -2.52. The Morgan fingerprint density at radius 3 is 2.95 bits per heavy atom. The Labute approximate surface area is 132 Å². The number of ether oxygens (including phenoxy) is 1. The number of nitrogens with zero attached hydrogens (tertiary/aromatic N) is 1. The van der Waals surface area contributed by atoms with Gasteiger partial charge >= 0.3 is 0 Å². The molecule has 1 aromatic carbocycles. The summed E-state index contributed by atoms with van der Waals surface area (Å²) in [5.41, 5.74) is 7.02. The molecule has 1 aromatic rings. The molecule has 0 aliphatic carbocycles. The highest BCUT2D eigenvalue weighted by atomic mass is 16.5. The van der Waals surface area contributed by atoms with Crippen LogP contribution in [-0.2, 0) is 4.79 Å². The Hall–Kier alpha value is -1.59. The highest BCUT2D eigenvalue weighted by Gasteiger charge is 2.33. The lowest BCUT2D eigenvalue weighted by Gasteiger charge is -2.42. The third kappa shape index (κ3) is 4.45. The molecule has 0 bridgehead atoms. The molecule has 5 heteroatoms. The van der Waals surface area contributed by atoms with Crippen molar-refractivity contribution in [3.05, 3.63) is 24.3 Å². The molecular weight excluding hydrogens is 278 g/mol. The number of rotatable bonds is 5. The van der Waals surface area contributed by atoms with Crippen molar-refractivity contribution >= 4 is 11.6 Å². The van der Waals surface area contributed by atoms with E-state index in [-0.39, 0.29) is 17.4 Å². The third-order valence-electron chi connectivity index (χ3n) is 4.40. The minimum absolute atomic E-state index is 0.0286. The number of hydrogen-bond donors (Lipinski definition) is 2. The minimum Gasteiger partial charge on any atom is -0.497 e. The van der Waals surface area contributed by atoms with Gasteiger partial charge in [0.1, 0.15) is 5.75 Å². The number of anilines is 1. The van der Waals surface area contributed by atoms with Crippen LogP contribution in [0.25, 0.3) is 0 Å². The maximum absolute atomic E-state index is 12.1. The molecule has 1 fully saturated rings. The molecule has 1 aliphatic heterocycles. The first kappa shape index (κ1) is 16.8. The predicted molar refractivity (Wildman–Crippen MR) is 89.1 cm³/mol. The van der Waals surface area contributed by atoms with Crippen molar-refractivity contribution in [2.75, 3.05) is 32.1 Å². The highest BCUT2D eigenvalue weighted by Crippen LogP contribution is 2.27. The van der Waals surface area contributed by atoms with Gasteiger partial charge in [0.2, 0.25) is 5.91 Å². The Morgan fingerprint density at radius 2 is 2.27 bits per heavy atom. The van der Waals surface area contributed by atoms with E-state index in [1.165, 1.54) is 0 Å². The summed E-state index contributed by atoms with van der Waals surface area (Å²) in [7, 11) is 1.61. The number of carbonyl (C=O) groups excluding carboxylic acids is 1. The summed E-state index contributed by atoms with van der Waals surface area (Å²) in [5.74, 6) is 0.769. The van der Waals surface area contributed by atoms with Gasteiger partial charge in [-0.25, -0.2) is 0 Å². The fourth-order valence-electron chi connectivity index (χ4n) is 2.86. The van der Waals surface area contributed by atoms with Gasteiger partial charge in [-0.05, 0) is 30.5 Å². The van der Waals surface area contributed by atoms with Crippen molar-refractivity contribution in [1.82, 2.24) is 4.90 Å². The Kier molecular flexibility index (Phi) is 5.42. The third-order valence-corrected chi connectivity index (χ3v) is 4.40. The predicted octanol–water partition coefficient (Wildman–Crippen LogP) is 2.08. The summed E-state index contributed by atoms with van der Waals surface area (Å²) in [6.45, 7) is 7.07. The summed E-state index contributed by atoms with van der Waals surface area (Å²) in [6, 6.07) is 7.65. The highest BCUT2D eigenvalue weighted by molar-refractivity contribution is 5.91. The molecule has 2 rings (SSSR count). The molecule has 1 saturated heterocycles. The van der Waals surface area contributed by atoms with Gasteiger partial charge in [-0.2, -0.15) is 0 Å². The van der Waals surface area contributed by atoms with E-state index in [0.717, 1.165) is 37.5 Å². The molecule has 0 radical (unpaired) electrons. The number of piperidine rings is 1. The molecule has 1 atom stereocenters. The largest absolute Gasteiger partial charge is 0.497 e. The van der Waals surface area contributed by atoms with E-state index >= 15 is 0 Å². The molecule has 1 heterocycles. The number of nitrogens with two attached hydrogens (primary N) is 1. The number of nitrogens with one attached hydrogen (secondary N) is 1. The first-order valence-corrected chi connectivity index (χ1v) is 7.82. The molecule has 122 valence electrons. The molecule has 5 nitrogen and oxygen atoms in total. The second kappa shape index (κ2) is 7.11. The van der Waals surface area contributed by atoms with Crippen molar-refractivity contribution in [2.24, 2.45) is 11.1 Å². The van der Waals surface area contributed by atoms with Crippen LogP contribution in [0.2, 0.25) is 0 Å². The molecule has 1 aliphatic rings. The monoisotopic (exact) mass is 305 g/mol. The van der Waals surface area contributed by atoms with Crippen LogP contribution >= 0.6 is 0 Å². The number of methoxy groups -OCH3 is 1. The van der Waals surface area contributed by atoms with Crippen molar-refractivity contribution in [3.8, 4) is 5.75 Å². The second-order valence-corrected chi connectivity index (χ2v) is 6.69. The second-order valence-electron chi connectivity index (χ2n) is 6.69. The van der Waals surface area contributed by atoms with Gasteiger partial charge in [-0.1, -0.05) is 19.9 Å². The SMILES string of the molecule is COc1cccc(NC(=O)CCN2CCC(N)C(C)(C)C2)c1. The van der Waals surface area contributed by atoms with Gasteiger partial charge < -0.3 is 20.7 Å². The van der Waals surface area contributed by atoms with E-state index in [9.17, 15) is 4.79 Å². The quantitative estimate of drug-likeness (QED) is 0.874. The van der Waals surface area contributed by atoms with Crippen LogP contribution in [0.5, 0.6) is 5.75 Å². The number of carbonyl (C=O) groups is 1. The Morgan fingerprint density at radius 1 is 1.50 bits per heavy atom. The maximum Gasteiger partial charge on any atom is 0.225 e. The molecule has 22 heavy (non-hydrogen) atoms. The van der Waals surface area contributed by atoms with E-state index in [1.54, 1.807) is 7.11 Å². The van der Waals surface area contributed by atoms with Crippen LogP contribution < -0.4 is 15.8 Å². The van der Waals surface area contributed by atoms with E-state index in [2.05, 4.69) is 24.1 Å². The Bertz CT molecular complexity index is 516. The number of hydrogen-bond acceptors (Lipinski definition) is 4. The summed E-state index contributed by atoms with van der Waals surface area (Å²) >= 11 is 0. The van der Waals surface area contributed by atoms with Gasteiger partial charge in [0.05, 0.1) is 7.11 Å². The lowest BCUT2D eigenvalue weighted by atomic mass is 9.80. The minimum atomic E-state index is 0.0286. The Balaban J connectivity index is 1.80. The summed E-state index contributed by atoms with van der Waals surface area (Å²) in [4.78, 5) is 14.4. The van der Waals surface area contributed by atoms with Gasteiger partial charge in [0.15, 0.2) is 0 Å². The van der Waals surface area contributed by atoms with E-state index in [0.29, 0.717) is 6.42 Å². The fraction of sp³-hybridized carbons (Fsp3) is 0.588. The van der Waals surface area contributed by atoms with Crippen LogP contribution in [0.3, 0.4) is 0 Å². The first-order chi connectivity index (χ1) is 10.4. The van der Waals surface area contributed by atoms with Gasteiger partial charge in [0, 0.05) is 37.3 Å². The lowest BCUT2D eigenvalue weighted by molar-refractivity contribution is -0.116. The van der Waals surface area contributed by atoms with Crippen molar-refractivity contribution in [3.63, 3.8) is 0 Å².